The van der Waals surface area contributed by atoms with Crippen LogP contribution in [-0.2, 0) is 6.54 Å². The van der Waals surface area contributed by atoms with Gasteiger partial charge in [-0.3, -0.25) is 4.79 Å². The van der Waals surface area contributed by atoms with Crippen molar-refractivity contribution < 1.29 is 9.18 Å². The van der Waals surface area contributed by atoms with Crippen LogP contribution in [0.1, 0.15) is 15.9 Å². The number of halogens is 3. The van der Waals surface area contributed by atoms with Crippen molar-refractivity contribution in [1.29, 1.82) is 0 Å². The molecular formula is C13H10BrClFNOS. The lowest BCUT2D eigenvalue weighted by atomic mass is 10.2. The standard InChI is InChI=1S/C13H10BrClFNOS/c1-17(6-8-5-11(14)19-7-8)13(18)9-3-2-4-10(15)12(9)16/h2-5,7H,6H2,1H3. The molecule has 0 N–H and O–H groups in total. The van der Waals surface area contributed by atoms with Crippen molar-refractivity contribution in [2.75, 3.05) is 7.05 Å². The van der Waals surface area contributed by atoms with Gasteiger partial charge in [-0.1, -0.05) is 17.7 Å². The normalized spacial score (nSPS) is 10.5. The van der Waals surface area contributed by atoms with Crippen molar-refractivity contribution in [2.24, 2.45) is 0 Å². The number of rotatable bonds is 3. The highest BCUT2D eigenvalue weighted by Crippen LogP contribution is 2.23. The maximum Gasteiger partial charge on any atom is 0.256 e. The molecule has 0 unspecified atom stereocenters. The molecule has 100 valence electrons. The van der Waals surface area contributed by atoms with Crippen molar-refractivity contribution >= 4 is 44.8 Å². The molecule has 0 saturated carbocycles. The Morgan fingerprint density at radius 2 is 2.26 bits per heavy atom. The van der Waals surface area contributed by atoms with Gasteiger partial charge in [0.05, 0.1) is 14.4 Å². The first-order valence-corrected chi connectivity index (χ1v) is 7.46. The molecule has 1 aromatic carbocycles. The minimum Gasteiger partial charge on any atom is -0.337 e. The summed E-state index contributed by atoms with van der Waals surface area (Å²) in [5, 5.41) is 1.90. The molecule has 1 heterocycles. The highest BCUT2D eigenvalue weighted by atomic mass is 79.9. The van der Waals surface area contributed by atoms with Crippen molar-refractivity contribution in [3.8, 4) is 0 Å². The summed E-state index contributed by atoms with van der Waals surface area (Å²) in [6, 6.07) is 6.35. The maximum absolute atomic E-state index is 13.8. The summed E-state index contributed by atoms with van der Waals surface area (Å²) in [5.74, 6) is -1.06. The van der Waals surface area contributed by atoms with Gasteiger partial charge in [0.2, 0.25) is 0 Å². The quantitative estimate of drug-likeness (QED) is 0.783. The van der Waals surface area contributed by atoms with E-state index in [1.54, 1.807) is 24.5 Å². The Labute approximate surface area is 127 Å². The topological polar surface area (TPSA) is 20.3 Å². The molecule has 0 fully saturated rings. The number of nitrogens with zero attached hydrogens (tertiary/aromatic N) is 1. The van der Waals surface area contributed by atoms with Gasteiger partial charge in [0, 0.05) is 13.6 Å². The average molecular weight is 363 g/mol. The Balaban J connectivity index is 2.17. The van der Waals surface area contributed by atoms with Crippen molar-refractivity contribution in [1.82, 2.24) is 4.90 Å². The second-order valence-corrected chi connectivity index (χ2v) is 6.72. The number of hydrogen-bond donors (Lipinski definition) is 0. The molecule has 0 saturated heterocycles. The van der Waals surface area contributed by atoms with Gasteiger partial charge in [0.15, 0.2) is 5.82 Å². The first kappa shape index (κ1) is 14.5. The molecule has 0 atom stereocenters. The Kier molecular flexibility index (Phi) is 4.60. The molecule has 2 rings (SSSR count). The number of amides is 1. The van der Waals surface area contributed by atoms with Gasteiger partial charge in [-0.15, -0.1) is 11.3 Å². The Bertz CT molecular complexity index is 616. The van der Waals surface area contributed by atoms with E-state index < -0.39 is 5.82 Å². The van der Waals surface area contributed by atoms with E-state index in [0.717, 1.165) is 9.35 Å². The fourth-order valence-corrected chi connectivity index (χ4v) is 3.02. The monoisotopic (exact) mass is 361 g/mol. The number of benzene rings is 1. The van der Waals surface area contributed by atoms with Crippen LogP contribution in [0.2, 0.25) is 5.02 Å². The second kappa shape index (κ2) is 6.03. The third-order valence-electron chi connectivity index (χ3n) is 2.57. The minimum atomic E-state index is -0.674. The largest absolute Gasteiger partial charge is 0.337 e. The number of carbonyl (C=O) groups is 1. The zero-order valence-electron chi connectivity index (χ0n) is 9.99. The van der Waals surface area contributed by atoms with Gasteiger partial charge in [0.25, 0.3) is 5.91 Å². The molecule has 1 aromatic heterocycles. The number of hydrogen-bond acceptors (Lipinski definition) is 2. The van der Waals surface area contributed by atoms with E-state index in [4.69, 9.17) is 11.6 Å². The Morgan fingerprint density at radius 1 is 1.53 bits per heavy atom. The zero-order chi connectivity index (χ0) is 14.0. The van der Waals surface area contributed by atoms with Crippen molar-refractivity contribution in [3.63, 3.8) is 0 Å². The van der Waals surface area contributed by atoms with Gasteiger partial charge < -0.3 is 4.90 Å². The SMILES string of the molecule is CN(Cc1csc(Br)c1)C(=O)c1cccc(Cl)c1F. The molecule has 19 heavy (non-hydrogen) atoms. The summed E-state index contributed by atoms with van der Waals surface area (Å²) >= 11 is 10.6. The van der Waals surface area contributed by atoms with Crippen LogP contribution in [-0.4, -0.2) is 17.9 Å². The van der Waals surface area contributed by atoms with Crippen LogP contribution in [0.25, 0.3) is 0 Å². The summed E-state index contributed by atoms with van der Waals surface area (Å²) < 4.78 is 14.8. The third kappa shape index (κ3) is 3.35. The third-order valence-corrected chi connectivity index (χ3v) is 4.42. The van der Waals surface area contributed by atoms with Gasteiger partial charge >= 0.3 is 0 Å². The molecule has 6 heteroatoms. The van der Waals surface area contributed by atoms with E-state index in [1.807, 2.05) is 11.4 Å². The van der Waals surface area contributed by atoms with Crippen molar-refractivity contribution in [3.05, 3.63) is 55.4 Å². The molecule has 1 amide bonds. The van der Waals surface area contributed by atoms with E-state index >= 15 is 0 Å². The summed E-state index contributed by atoms with van der Waals surface area (Å²) in [5.41, 5.74) is 0.986. The van der Waals surface area contributed by atoms with Crippen LogP contribution in [0, 0.1) is 5.82 Å². The fourth-order valence-electron chi connectivity index (χ4n) is 1.65. The maximum atomic E-state index is 13.8. The predicted octanol–water partition coefficient (Wildman–Crippen LogP) is 4.58. The van der Waals surface area contributed by atoms with Crippen LogP contribution in [0.5, 0.6) is 0 Å². The molecular weight excluding hydrogens is 353 g/mol. The highest BCUT2D eigenvalue weighted by Gasteiger charge is 2.18. The fraction of sp³-hybridized carbons (Fsp3) is 0.154. The first-order valence-electron chi connectivity index (χ1n) is 5.41. The molecule has 0 bridgehead atoms. The lowest BCUT2D eigenvalue weighted by molar-refractivity contribution is 0.0780. The lowest BCUT2D eigenvalue weighted by Gasteiger charge is -2.17. The molecule has 0 aliphatic heterocycles. The molecule has 0 spiro atoms. The van der Waals surface area contributed by atoms with Crippen LogP contribution in [0.15, 0.2) is 33.4 Å². The van der Waals surface area contributed by atoms with Crippen molar-refractivity contribution in [2.45, 2.75) is 6.54 Å². The van der Waals surface area contributed by atoms with E-state index in [2.05, 4.69) is 15.9 Å². The summed E-state index contributed by atoms with van der Waals surface area (Å²) in [6.45, 7) is 0.423. The molecule has 2 nitrogen and oxygen atoms in total. The smallest absolute Gasteiger partial charge is 0.256 e. The number of carbonyl (C=O) groups excluding carboxylic acids is 1. The average Bonchev–Trinajstić information content (AvgIpc) is 2.77. The molecule has 0 aliphatic rings. The zero-order valence-corrected chi connectivity index (χ0v) is 13.1. The van der Waals surface area contributed by atoms with E-state index in [0.29, 0.717) is 6.54 Å². The van der Waals surface area contributed by atoms with Crippen LogP contribution >= 0.6 is 38.9 Å². The van der Waals surface area contributed by atoms with E-state index in [-0.39, 0.29) is 16.5 Å². The van der Waals surface area contributed by atoms with Crippen LogP contribution in [0.4, 0.5) is 4.39 Å². The van der Waals surface area contributed by atoms with Gasteiger partial charge in [-0.2, -0.15) is 0 Å². The number of thiophene rings is 1. The summed E-state index contributed by atoms with van der Waals surface area (Å²) in [6.07, 6.45) is 0. The van der Waals surface area contributed by atoms with Crippen LogP contribution < -0.4 is 0 Å². The Hall–Kier alpha value is -0.910. The summed E-state index contributed by atoms with van der Waals surface area (Å²) in [4.78, 5) is 13.6. The minimum absolute atomic E-state index is 0.00991. The lowest BCUT2D eigenvalue weighted by Crippen LogP contribution is -2.26. The summed E-state index contributed by atoms with van der Waals surface area (Å²) in [7, 11) is 1.63. The second-order valence-electron chi connectivity index (χ2n) is 4.02. The predicted molar refractivity (Wildman–Crippen MR) is 79.2 cm³/mol. The highest BCUT2D eigenvalue weighted by molar-refractivity contribution is 9.11. The van der Waals surface area contributed by atoms with E-state index in [1.165, 1.54) is 17.0 Å². The Morgan fingerprint density at radius 3 is 2.89 bits per heavy atom. The van der Waals surface area contributed by atoms with Gasteiger partial charge in [-0.25, -0.2) is 4.39 Å². The molecule has 2 aromatic rings. The van der Waals surface area contributed by atoms with Gasteiger partial charge in [-0.05, 0) is 45.1 Å². The molecule has 0 aliphatic carbocycles. The molecule has 0 radical (unpaired) electrons. The van der Waals surface area contributed by atoms with E-state index in [9.17, 15) is 9.18 Å². The van der Waals surface area contributed by atoms with Gasteiger partial charge in [0.1, 0.15) is 0 Å². The van der Waals surface area contributed by atoms with Crippen LogP contribution in [0.3, 0.4) is 0 Å². The first-order chi connectivity index (χ1) is 8.99.